The molecule has 0 bridgehead atoms. The molecule has 0 spiro atoms. The number of halogens is 1. The van der Waals surface area contributed by atoms with Crippen molar-refractivity contribution in [1.29, 1.82) is 5.26 Å². The van der Waals surface area contributed by atoms with E-state index in [2.05, 4.69) is 27.9 Å². The summed E-state index contributed by atoms with van der Waals surface area (Å²) in [6.45, 7) is 4.13. The van der Waals surface area contributed by atoms with Crippen molar-refractivity contribution in [2.24, 2.45) is 0 Å². The molecule has 3 rings (SSSR count). The maximum absolute atomic E-state index is 12.6. The van der Waals surface area contributed by atoms with Crippen LogP contribution in [0.4, 0.5) is 11.4 Å². The highest BCUT2D eigenvalue weighted by Gasteiger charge is 2.12. The van der Waals surface area contributed by atoms with Gasteiger partial charge in [-0.25, -0.2) is 0 Å². The number of anilines is 1. The molecule has 0 aliphatic rings. The fourth-order valence-electron chi connectivity index (χ4n) is 3.06. The van der Waals surface area contributed by atoms with Crippen molar-refractivity contribution in [3.8, 4) is 11.8 Å². The summed E-state index contributed by atoms with van der Waals surface area (Å²) in [4.78, 5) is 22.9. The van der Waals surface area contributed by atoms with Crippen LogP contribution < -0.4 is 10.1 Å². The van der Waals surface area contributed by atoms with Crippen molar-refractivity contribution in [3.05, 3.63) is 102 Å². The van der Waals surface area contributed by atoms with E-state index in [1.165, 1.54) is 18.2 Å². The average molecular weight is 553 g/mol. The smallest absolute Gasteiger partial charge is 0.269 e. The molecule has 0 aliphatic heterocycles. The highest BCUT2D eigenvalue weighted by molar-refractivity contribution is 14.1. The Morgan fingerprint density at radius 1 is 1.15 bits per heavy atom. The number of rotatable bonds is 7. The average Bonchev–Trinajstić information content (AvgIpc) is 2.79. The lowest BCUT2D eigenvalue weighted by Gasteiger charge is -2.10. The maximum Gasteiger partial charge on any atom is 0.269 e. The second kappa shape index (κ2) is 10.7. The number of ether oxygens (including phenoxy) is 1. The van der Waals surface area contributed by atoms with Crippen molar-refractivity contribution in [3.63, 3.8) is 0 Å². The van der Waals surface area contributed by atoms with Gasteiger partial charge in [0.2, 0.25) is 0 Å². The SMILES string of the molecule is Cc1ccc(NC(=O)/C(C#N)=C/c2ccc(OCc3ccc([N+](=O)[O-])cc3)c(I)c2)c(C)c1. The zero-order valence-electron chi connectivity index (χ0n) is 18.0. The van der Waals surface area contributed by atoms with Crippen molar-refractivity contribution < 1.29 is 14.5 Å². The molecule has 7 nitrogen and oxygen atoms in total. The molecular formula is C25H20IN3O4. The molecule has 0 aliphatic carbocycles. The topological polar surface area (TPSA) is 105 Å². The van der Waals surface area contributed by atoms with Crippen molar-refractivity contribution >= 4 is 45.9 Å². The molecule has 0 aromatic heterocycles. The predicted molar refractivity (Wildman–Crippen MR) is 135 cm³/mol. The first-order chi connectivity index (χ1) is 15.8. The van der Waals surface area contributed by atoms with E-state index in [1.807, 2.05) is 44.2 Å². The molecule has 0 saturated heterocycles. The molecule has 3 aromatic carbocycles. The van der Waals surface area contributed by atoms with E-state index in [-0.39, 0.29) is 17.9 Å². The van der Waals surface area contributed by atoms with Crippen LogP contribution in [0.3, 0.4) is 0 Å². The van der Waals surface area contributed by atoms with Gasteiger partial charge in [-0.1, -0.05) is 23.8 Å². The van der Waals surface area contributed by atoms with E-state index >= 15 is 0 Å². The van der Waals surface area contributed by atoms with Gasteiger partial charge in [0.25, 0.3) is 11.6 Å². The quantitative estimate of drug-likeness (QED) is 0.128. The maximum atomic E-state index is 12.6. The van der Waals surface area contributed by atoms with E-state index in [4.69, 9.17) is 4.74 Å². The summed E-state index contributed by atoms with van der Waals surface area (Å²) in [6, 6.07) is 19.1. The normalized spacial score (nSPS) is 10.9. The van der Waals surface area contributed by atoms with Crippen molar-refractivity contribution in [2.75, 3.05) is 5.32 Å². The second-order valence-corrected chi connectivity index (χ2v) is 8.51. The predicted octanol–water partition coefficient (Wildman–Crippen LogP) is 5.94. The number of hydrogen-bond acceptors (Lipinski definition) is 5. The molecule has 166 valence electrons. The molecule has 0 unspecified atom stereocenters. The number of hydrogen-bond donors (Lipinski definition) is 1. The van der Waals surface area contributed by atoms with Crippen LogP contribution in [0.25, 0.3) is 6.08 Å². The van der Waals surface area contributed by atoms with Crippen molar-refractivity contribution in [1.82, 2.24) is 0 Å². The molecule has 0 saturated carbocycles. The van der Waals surface area contributed by atoms with Gasteiger partial charge in [0.1, 0.15) is 24.0 Å². The van der Waals surface area contributed by atoms with Crippen LogP contribution in [-0.2, 0) is 11.4 Å². The number of nitrogens with one attached hydrogen (secondary N) is 1. The summed E-state index contributed by atoms with van der Waals surface area (Å²) in [6.07, 6.45) is 1.53. The van der Waals surface area contributed by atoms with Crippen LogP contribution in [0.2, 0.25) is 0 Å². The Morgan fingerprint density at radius 2 is 1.88 bits per heavy atom. The molecule has 33 heavy (non-hydrogen) atoms. The van der Waals surface area contributed by atoms with Gasteiger partial charge in [0, 0.05) is 17.8 Å². The van der Waals surface area contributed by atoms with Crippen LogP contribution in [0, 0.1) is 38.9 Å². The zero-order valence-corrected chi connectivity index (χ0v) is 20.1. The van der Waals surface area contributed by atoms with Crippen LogP contribution >= 0.6 is 22.6 Å². The highest BCUT2D eigenvalue weighted by Crippen LogP contribution is 2.25. The van der Waals surface area contributed by atoms with E-state index in [0.29, 0.717) is 17.0 Å². The Labute approximate surface area is 205 Å². The fraction of sp³-hybridized carbons (Fsp3) is 0.120. The summed E-state index contributed by atoms with van der Waals surface area (Å²) >= 11 is 2.12. The number of carbonyl (C=O) groups is 1. The lowest BCUT2D eigenvalue weighted by molar-refractivity contribution is -0.384. The summed E-state index contributed by atoms with van der Waals surface area (Å²) in [5.74, 6) is 0.155. The molecule has 1 N–H and O–H groups in total. The Bertz CT molecular complexity index is 1280. The first-order valence-corrected chi connectivity index (χ1v) is 11.0. The van der Waals surface area contributed by atoms with E-state index in [9.17, 15) is 20.2 Å². The second-order valence-electron chi connectivity index (χ2n) is 7.34. The summed E-state index contributed by atoms with van der Waals surface area (Å²) in [5.41, 5.74) is 4.18. The lowest BCUT2D eigenvalue weighted by atomic mass is 10.1. The molecular weight excluding hydrogens is 533 g/mol. The van der Waals surface area contributed by atoms with Crippen molar-refractivity contribution in [2.45, 2.75) is 20.5 Å². The van der Waals surface area contributed by atoms with E-state index in [1.54, 1.807) is 24.3 Å². The molecule has 1 amide bonds. The minimum Gasteiger partial charge on any atom is -0.488 e. The third-order valence-electron chi connectivity index (χ3n) is 4.80. The number of non-ortho nitro benzene ring substituents is 1. The zero-order chi connectivity index (χ0) is 24.0. The Balaban J connectivity index is 1.69. The van der Waals surface area contributed by atoms with Crippen LogP contribution in [0.5, 0.6) is 5.75 Å². The third kappa shape index (κ3) is 6.40. The van der Waals surface area contributed by atoms with E-state index < -0.39 is 10.8 Å². The molecule has 0 fully saturated rings. The van der Waals surface area contributed by atoms with Gasteiger partial charge in [-0.15, -0.1) is 0 Å². The summed E-state index contributed by atoms with van der Waals surface area (Å²) < 4.78 is 6.62. The highest BCUT2D eigenvalue weighted by atomic mass is 127. The molecule has 0 radical (unpaired) electrons. The number of aryl methyl sites for hydroxylation is 2. The van der Waals surface area contributed by atoms with Gasteiger partial charge in [-0.2, -0.15) is 5.26 Å². The van der Waals surface area contributed by atoms with Crippen LogP contribution in [-0.4, -0.2) is 10.8 Å². The van der Waals surface area contributed by atoms with Gasteiger partial charge >= 0.3 is 0 Å². The van der Waals surface area contributed by atoms with E-state index in [0.717, 1.165) is 20.3 Å². The van der Waals surface area contributed by atoms with Gasteiger partial charge in [0.15, 0.2) is 0 Å². The third-order valence-corrected chi connectivity index (χ3v) is 5.65. The first-order valence-electron chi connectivity index (χ1n) is 9.93. The minimum atomic E-state index is -0.474. The Hall–Kier alpha value is -3.71. The number of nitro groups is 1. The van der Waals surface area contributed by atoms with Crippen LogP contribution in [0.15, 0.2) is 66.2 Å². The Kier molecular flexibility index (Phi) is 7.79. The summed E-state index contributed by atoms with van der Waals surface area (Å²) in [5, 5.41) is 23.0. The number of amides is 1. The van der Waals surface area contributed by atoms with Gasteiger partial charge in [-0.3, -0.25) is 14.9 Å². The monoisotopic (exact) mass is 553 g/mol. The molecule has 3 aromatic rings. The minimum absolute atomic E-state index is 0.00896. The standard InChI is InChI=1S/C25H20IN3O4/c1-16-3-9-23(17(2)11-16)28-25(30)20(14-27)12-19-6-10-24(22(26)13-19)33-15-18-4-7-21(8-5-18)29(31)32/h3-13H,15H2,1-2H3,(H,28,30)/b20-12+. The molecule has 8 heteroatoms. The van der Waals surface area contributed by atoms with Gasteiger partial charge in [-0.05, 0) is 89.5 Å². The number of nitriles is 1. The number of nitrogens with zero attached hydrogens (tertiary/aromatic N) is 2. The lowest BCUT2D eigenvalue weighted by Crippen LogP contribution is -2.14. The van der Waals surface area contributed by atoms with Gasteiger partial charge < -0.3 is 10.1 Å². The Morgan fingerprint density at radius 3 is 2.48 bits per heavy atom. The van der Waals surface area contributed by atoms with Crippen LogP contribution in [0.1, 0.15) is 22.3 Å². The number of nitro benzene ring substituents is 1. The van der Waals surface area contributed by atoms with Gasteiger partial charge in [0.05, 0.1) is 8.49 Å². The molecule has 0 atom stereocenters. The number of benzene rings is 3. The largest absolute Gasteiger partial charge is 0.488 e. The number of carbonyl (C=O) groups excluding carboxylic acids is 1. The fourth-order valence-corrected chi connectivity index (χ4v) is 3.75. The first kappa shape index (κ1) is 23.9. The molecule has 0 heterocycles. The summed E-state index contributed by atoms with van der Waals surface area (Å²) in [7, 11) is 0.